The van der Waals surface area contributed by atoms with Crippen LogP contribution in [0.4, 0.5) is 0 Å². The molecule has 0 aliphatic heterocycles. The number of ketones is 1. The summed E-state index contributed by atoms with van der Waals surface area (Å²) in [5.74, 6) is 0.429. The van der Waals surface area contributed by atoms with Crippen molar-refractivity contribution in [2.75, 3.05) is 20.2 Å². The minimum Gasteiger partial charge on any atom is -0.379 e. The highest BCUT2D eigenvalue weighted by Gasteiger charge is 2.44. The molecular formula is C16H31NO2. The molecule has 1 fully saturated rings. The van der Waals surface area contributed by atoms with Gasteiger partial charge in [0.15, 0.2) is 5.78 Å². The molecule has 0 amide bonds. The molecule has 1 saturated carbocycles. The van der Waals surface area contributed by atoms with Crippen LogP contribution in [0.25, 0.3) is 0 Å². The van der Waals surface area contributed by atoms with Crippen molar-refractivity contribution in [3.63, 3.8) is 0 Å². The van der Waals surface area contributed by atoms with Crippen LogP contribution in [0, 0.1) is 0 Å². The summed E-state index contributed by atoms with van der Waals surface area (Å²) in [5, 5.41) is 0. The summed E-state index contributed by atoms with van der Waals surface area (Å²) in [5.41, 5.74) is -0.369. The molecule has 3 nitrogen and oxygen atoms in total. The van der Waals surface area contributed by atoms with E-state index in [0.717, 1.165) is 32.4 Å². The van der Waals surface area contributed by atoms with E-state index in [9.17, 15) is 4.79 Å². The average molecular weight is 269 g/mol. The topological polar surface area (TPSA) is 29.5 Å². The molecule has 0 aromatic rings. The number of likely N-dealkylation sites (N-methyl/N-ethyl adjacent to an activating group) is 1. The van der Waals surface area contributed by atoms with Gasteiger partial charge < -0.3 is 4.74 Å². The second-order valence-corrected chi connectivity index (χ2v) is 6.30. The molecule has 0 saturated heterocycles. The Kier molecular flexibility index (Phi) is 6.00. The zero-order chi connectivity index (χ0) is 14.5. The van der Waals surface area contributed by atoms with Gasteiger partial charge in [-0.15, -0.1) is 0 Å². The fraction of sp³-hybridized carbons (Fsp3) is 0.938. The molecule has 1 aliphatic carbocycles. The summed E-state index contributed by atoms with van der Waals surface area (Å²) < 4.78 is 5.43. The Morgan fingerprint density at radius 2 is 1.74 bits per heavy atom. The summed E-state index contributed by atoms with van der Waals surface area (Å²) in [6.45, 7) is 10.4. The maximum Gasteiger partial charge on any atom is 0.153 e. The highest BCUT2D eigenvalue weighted by Crippen LogP contribution is 2.37. The van der Waals surface area contributed by atoms with Crippen molar-refractivity contribution < 1.29 is 9.53 Å². The number of hydrogen-bond donors (Lipinski definition) is 0. The molecule has 0 spiro atoms. The Labute approximate surface area is 118 Å². The van der Waals surface area contributed by atoms with E-state index in [1.54, 1.807) is 7.11 Å². The summed E-state index contributed by atoms with van der Waals surface area (Å²) in [4.78, 5) is 15.2. The first-order valence-corrected chi connectivity index (χ1v) is 7.75. The molecule has 0 atom stereocenters. The summed E-state index contributed by atoms with van der Waals surface area (Å²) in [7, 11) is 1.72. The first kappa shape index (κ1) is 16.6. The van der Waals surface area contributed by atoms with Gasteiger partial charge in [0.05, 0.1) is 11.1 Å². The molecule has 1 rings (SSSR count). The van der Waals surface area contributed by atoms with E-state index in [4.69, 9.17) is 4.74 Å². The third-order valence-electron chi connectivity index (χ3n) is 4.83. The van der Waals surface area contributed by atoms with Crippen molar-refractivity contribution in [1.82, 2.24) is 4.90 Å². The summed E-state index contributed by atoms with van der Waals surface area (Å²) in [6, 6.07) is 0. The van der Waals surface area contributed by atoms with E-state index in [0.29, 0.717) is 12.2 Å². The minimum atomic E-state index is -0.196. The van der Waals surface area contributed by atoms with Crippen molar-refractivity contribution >= 4 is 5.78 Å². The lowest BCUT2D eigenvalue weighted by atomic mass is 9.85. The van der Waals surface area contributed by atoms with E-state index in [2.05, 4.69) is 32.6 Å². The molecule has 0 radical (unpaired) electrons. The predicted octanol–water partition coefficient (Wildman–Crippen LogP) is 3.42. The van der Waals surface area contributed by atoms with Crippen LogP contribution in [0.3, 0.4) is 0 Å². The maximum absolute atomic E-state index is 12.8. The summed E-state index contributed by atoms with van der Waals surface area (Å²) in [6.07, 6.45) is 5.91. The first-order valence-electron chi connectivity index (χ1n) is 7.75. The van der Waals surface area contributed by atoms with Gasteiger partial charge >= 0.3 is 0 Å². The molecule has 0 aromatic carbocycles. The number of ether oxygens (including phenoxy) is 1. The number of methoxy groups -OCH3 is 1. The fourth-order valence-electron chi connectivity index (χ4n) is 3.31. The van der Waals surface area contributed by atoms with Gasteiger partial charge in [0.1, 0.15) is 0 Å². The van der Waals surface area contributed by atoms with Gasteiger partial charge in [-0.2, -0.15) is 0 Å². The Hall–Kier alpha value is -0.410. The second-order valence-electron chi connectivity index (χ2n) is 6.30. The van der Waals surface area contributed by atoms with Gasteiger partial charge in [-0.1, -0.05) is 26.7 Å². The quantitative estimate of drug-likeness (QED) is 0.676. The molecule has 0 heterocycles. The Balaban J connectivity index is 2.74. The van der Waals surface area contributed by atoms with Crippen LogP contribution < -0.4 is 0 Å². The maximum atomic E-state index is 12.8. The lowest BCUT2D eigenvalue weighted by Gasteiger charge is -2.39. The third-order valence-corrected chi connectivity index (χ3v) is 4.83. The predicted molar refractivity (Wildman–Crippen MR) is 79.4 cm³/mol. The van der Waals surface area contributed by atoms with Crippen LogP contribution in [-0.4, -0.2) is 42.0 Å². The first-order chi connectivity index (χ1) is 8.91. The Bertz CT molecular complexity index is 289. The number of carbonyl (C=O) groups is 1. The van der Waals surface area contributed by atoms with Gasteiger partial charge in [0.2, 0.25) is 0 Å². The Morgan fingerprint density at radius 3 is 2.16 bits per heavy atom. The minimum absolute atomic E-state index is 0.173. The molecule has 19 heavy (non-hydrogen) atoms. The standard InChI is InChI=1S/C16H31NO2/c1-6-17(7-2)16(11-8-9-12-16)14(18)10-13-15(3,4)19-5/h6-13H2,1-5H3. The van der Waals surface area contributed by atoms with Crippen LogP contribution in [0.2, 0.25) is 0 Å². The van der Waals surface area contributed by atoms with Gasteiger partial charge in [-0.3, -0.25) is 9.69 Å². The van der Waals surface area contributed by atoms with Crippen LogP contribution >= 0.6 is 0 Å². The number of hydrogen-bond acceptors (Lipinski definition) is 3. The summed E-state index contributed by atoms with van der Waals surface area (Å²) >= 11 is 0. The highest BCUT2D eigenvalue weighted by atomic mass is 16.5. The van der Waals surface area contributed by atoms with Crippen LogP contribution in [-0.2, 0) is 9.53 Å². The zero-order valence-corrected chi connectivity index (χ0v) is 13.4. The molecule has 112 valence electrons. The van der Waals surface area contributed by atoms with Crippen molar-refractivity contribution in [2.24, 2.45) is 0 Å². The zero-order valence-electron chi connectivity index (χ0n) is 13.4. The fourth-order valence-corrected chi connectivity index (χ4v) is 3.31. The molecule has 3 heteroatoms. The SMILES string of the molecule is CCN(CC)C1(C(=O)CCC(C)(C)OC)CCCC1. The van der Waals surface area contributed by atoms with Crippen molar-refractivity contribution in [2.45, 2.75) is 77.4 Å². The van der Waals surface area contributed by atoms with E-state index >= 15 is 0 Å². The number of nitrogens with zero attached hydrogens (tertiary/aromatic N) is 1. The normalized spacial score (nSPS) is 19.1. The van der Waals surface area contributed by atoms with Gasteiger partial charge in [0.25, 0.3) is 0 Å². The lowest BCUT2D eigenvalue weighted by molar-refractivity contribution is -0.132. The molecular weight excluding hydrogens is 238 g/mol. The van der Waals surface area contributed by atoms with E-state index in [-0.39, 0.29) is 11.1 Å². The number of rotatable bonds is 8. The van der Waals surface area contributed by atoms with Crippen molar-refractivity contribution in [3.05, 3.63) is 0 Å². The van der Waals surface area contributed by atoms with Gasteiger partial charge in [-0.25, -0.2) is 0 Å². The molecule has 0 bridgehead atoms. The largest absolute Gasteiger partial charge is 0.379 e. The van der Waals surface area contributed by atoms with Gasteiger partial charge in [-0.05, 0) is 46.2 Å². The average Bonchev–Trinajstić information content (AvgIpc) is 2.88. The number of Topliss-reactive ketones (excluding diaryl/α,β-unsaturated/α-hetero) is 1. The van der Waals surface area contributed by atoms with Crippen molar-refractivity contribution in [1.29, 1.82) is 0 Å². The van der Waals surface area contributed by atoms with Crippen LogP contribution in [0.5, 0.6) is 0 Å². The molecule has 1 aliphatic rings. The molecule has 0 unspecified atom stereocenters. The van der Waals surface area contributed by atoms with Gasteiger partial charge in [0, 0.05) is 13.5 Å². The van der Waals surface area contributed by atoms with E-state index in [1.165, 1.54) is 12.8 Å². The highest BCUT2D eigenvalue weighted by molar-refractivity contribution is 5.88. The van der Waals surface area contributed by atoms with Crippen molar-refractivity contribution in [3.8, 4) is 0 Å². The van der Waals surface area contributed by atoms with E-state index in [1.807, 2.05) is 0 Å². The smallest absolute Gasteiger partial charge is 0.153 e. The second kappa shape index (κ2) is 6.85. The third kappa shape index (κ3) is 3.79. The molecule has 0 N–H and O–H groups in total. The lowest BCUT2D eigenvalue weighted by Crippen LogP contribution is -2.53. The Morgan fingerprint density at radius 1 is 1.21 bits per heavy atom. The van der Waals surface area contributed by atoms with E-state index < -0.39 is 0 Å². The monoisotopic (exact) mass is 269 g/mol. The van der Waals surface area contributed by atoms with Crippen LogP contribution in [0.1, 0.15) is 66.2 Å². The van der Waals surface area contributed by atoms with Crippen LogP contribution in [0.15, 0.2) is 0 Å². The number of carbonyl (C=O) groups excluding carboxylic acids is 1. The molecule has 0 aromatic heterocycles.